The Morgan fingerprint density at radius 3 is 2.25 bits per heavy atom. The van der Waals surface area contributed by atoms with Crippen molar-refractivity contribution in [2.24, 2.45) is 0 Å². The third kappa shape index (κ3) is 8.36. The van der Waals surface area contributed by atoms with Gasteiger partial charge in [-0.2, -0.15) is 0 Å². The van der Waals surface area contributed by atoms with Crippen LogP contribution in [0.4, 0.5) is 0 Å². The molecule has 7 heteroatoms. The zero-order valence-corrected chi connectivity index (χ0v) is 39.7. The van der Waals surface area contributed by atoms with Crippen molar-refractivity contribution in [3.63, 3.8) is 0 Å². The van der Waals surface area contributed by atoms with Gasteiger partial charge in [0.1, 0.15) is 5.58 Å². The monoisotopic (exact) mass is 1010 g/mol. The van der Waals surface area contributed by atoms with Crippen LogP contribution in [-0.4, -0.2) is 32.8 Å². The number of aryl methyl sites for hydroxylation is 1. The Labute approximate surface area is 366 Å². The van der Waals surface area contributed by atoms with Gasteiger partial charge >= 0.3 is 120 Å². The maximum Gasteiger partial charge on any atom is 0 e. The minimum atomic E-state index is -2.03. The maximum absolute atomic E-state index is 8.44. The predicted octanol–water partition coefficient (Wildman–Crippen LogP) is 13.3. The van der Waals surface area contributed by atoms with Crippen molar-refractivity contribution in [2.75, 3.05) is 0 Å². The van der Waals surface area contributed by atoms with E-state index in [9.17, 15) is 0 Å². The van der Waals surface area contributed by atoms with Gasteiger partial charge in [-0.15, -0.1) is 18.2 Å². The molecular weight excluding hydrogens is 961 g/mol. The van der Waals surface area contributed by atoms with E-state index in [-0.39, 0.29) is 25.5 Å². The Balaban J connectivity index is 0.000000220. The summed E-state index contributed by atoms with van der Waals surface area (Å²) in [6.45, 7) is 12.7. The first-order chi connectivity index (χ1) is 28.1. The number of furan rings is 1. The van der Waals surface area contributed by atoms with Crippen LogP contribution >= 0.6 is 0 Å². The summed E-state index contributed by atoms with van der Waals surface area (Å²) >= 11 is -2.03. The average molecular weight is 1010 g/mol. The van der Waals surface area contributed by atoms with Crippen LogP contribution in [0.25, 0.3) is 72.6 Å². The van der Waals surface area contributed by atoms with Gasteiger partial charge in [0.25, 0.3) is 0 Å². The summed E-state index contributed by atoms with van der Waals surface area (Å²) in [7, 11) is 0. The van der Waals surface area contributed by atoms with Gasteiger partial charge in [-0.3, -0.25) is 9.97 Å². The molecule has 0 unspecified atom stereocenters. The number of nitrogens with zero attached hydrogens (tertiary/aromatic N) is 4. The van der Waals surface area contributed by atoms with Crippen molar-refractivity contribution in [3.8, 4) is 39.5 Å². The largest absolute Gasteiger partial charge is 0 e. The topological polar surface area (TPSA) is 56.7 Å². The molecule has 0 aliphatic rings. The fraction of sp³-hybridized carbons (Fsp3) is 0.212. The third-order valence-corrected chi connectivity index (χ3v) is 14.8. The van der Waals surface area contributed by atoms with E-state index in [0.717, 1.165) is 83.7 Å². The van der Waals surface area contributed by atoms with Crippen molar-refractivity contribution in [1.82, 2.24) is 19.5 Å². The molecule has 0 saturated heterocycles. The predicted molar refractivity (Wildman–Crippen MR) is 245 cm³/mol. The van der Waals surface area contributed by atoms with Crippen LogP contribution in [0.1, 0.15) is 58.6 Å². The SMILES string of the molecule is Cc1cnc2c(c1)oc1c(-c3nc4ccccc4n3-c3c(-c4ccccc4)cccc3C(C)(C)C)[c-]ccc12.[2H]C(C)(C)c1cc(-c2[c-]cccc2)nc[c]1[Ge]([CH3])([CH3])[CH3].[Ir]. The molecule has 0 fully saturated rings. The number of rotatable bonds is 6. The quantitative estimate of drug-likeness (QED) is 0.123. The van der Waals surface area contributed by atoms with E-state index >= 15 is 0 Å². The number of para-hydroxylation sites is 3. The minimum Gasteiger partial charge on any atom is 0 e. The van der Waals surface area contributed by atoms with E-state index in [2.05, 4.69) is 133 Å². The molecular formula is C52H50GeIrN4O-2. The molecule has 5 aromatic carbocycles. The molecule has 0 saturated carbocycles. The first-order valence-corrected chi connectivity index (χ1v) is 27.3. The maximum atomic E-state index is 8.44. The Morgan fingerprint density at radius 1 is 0.797 bits per heavy atom. The minimum absolute atomic E-state index is 0. The standard InChI is InChI=1S/C35H28N3O.C17H22GeN.Ir/c1-22-20-30-31(36-21-22)25-15-10-16-26(33(25)39-30)34-37-28-18-8-9-19-29(28)38(34)32-24(23-12-6-5-7-13-23)14-11-17-27(32)35(2,3)4;1-13(2)15-11-17(14-9-7-6-8-10-14)19-12-16(15)18(3,4)5;/h5-15,17-21H,1-4H3;6-9,11-13H,1-5H3;/q2*-1;/i;13D;. The second-order valence-electron chi connectivity index (χ2n) is 17.3. The summed E-state index contributed by atoms with van der Waals surface area (Å²) in [4.78, 5) is 14.5. The van der Waals surface area contributed by atoms with Crippen LogP contribution in [0, 0.1) is 19.1 Å². The van der Waals surface area contributed by atoms with E-state index in [0.29, 0.717) is 0 Å². The fourth-order valence-electron chi connectivity index (χ4n) is 7.70. The Morgan fingerprint density at radius 2 is 1.54 bits per heavy atom. The van der Waals surface area contributed by atoms with Crippen LogP contribution in [-0.2, 0) is 25.5 Å². The Hall–Kier alpha value is -5.14. The van der Waals surface area contributed by atoms with Crippen molar-refractivity contribution in [2.45, 2.75) is 70.1 Å². The van der Waals surface area contributed by atoms with E-state index in [1.54, 1.807) is 0 Å². The summed E-state index contributed by atoms with van der Waals surface area (Å²) < 4.78 is 18.5. The molecule has 59 heavy (non-hydrogen) atoms. The molecule has 0 aliphatic carbocycles. The van der Waals surface area contributed by atoms with E-state index < -0.39 is 19.2 Å². The van der Waals surface area contributed by atoms with Gasteiger partial charge in [-0.1, -0.05) is 87.0 Å². The summed E-state index contributed by atoms with van der Waals surface area (Å²) in [5.74, 6) is 7.24. The second kappa shape index (κ2) is 16.8. The van der Waals surface area contributed by atoms with Gasteiger partial charge < -0.3 is 8.98 Å². The van der Waals surface area contributed by atoms with Crippen LogP contribution in [0.3, 0.4) is 0 Å². The summed E-state index contributed by atoms with van der Waals surface area (Å²) in [5, 5.41) is 0.963. The zero-order chi connectivity index (χ0) is 41.7. The number of fused-ring (bicyclic) bond motifs is 4. The van der Waals surface area contributed by atoms with Gasteiger partial charge in [0.15, 0.2) is 0 Å². The van der Waals surface area contributed by atoms with Gasteiger partial charge in [0.05, 0.1) is 33.6 Å². The molecule has 0 aliphatic heterocycles. The second-order valence-corrected chi connectivity index (χ2v) is 27.8. The van der Waals surface area contributed by atoms with Crippen LogP contribution < -0.4 is 4.40 Å². The summed E-state index contributed by atoms with van der Waals surface area (Å²) in [6.07, 6.45) is 3.89. The van der Waals surface area contributed by atoms with E-state index in [1.165, 1.54) is 9.96 Å². The first-order valence-electron chi connectivity index (χ1n) is 20.4. The Kier molecular flexibility index (Phi) is 11.6. The average Bonchev–Trinajstić information content (AvgIpc) is 3.78. The van der Waals surface area contributed by atoms with Gasteiger partial charge in [0, 0.05) is 31.9 Å². The van der Waals surface area contributed by atoms with Crippen molar-refractivity contribution < 1.29 is 25.9 Å². The molecule has 9 aromatic rings. The number of imidazole rings is 1. The number of hydrogen-bond acceptors (Lipinski definition) is 4. The van der Waals surface area contributed by atoms with Crippen LogP contribution in [0.15, 0.2) is 138 Å². The van der Waals surface area contributed by atoms with Gasteiger partial charge in [-0.05, 0) is 52.6 Å². The number of benzene rings is 5. The Bertz CT molecular complexity index is 2960. The molecule has 9 rings (SSSR count). The molecule has 4 heterocycles. The smallest absolute Gasteiger partial charge is 0 e. The fourth-order valence-corrected chi connectivity index (χ4v) is 11.0. The van der Waals surface area contributed by atoms with Crippen LogP contribution in [0.5, 0.6) is 0 Å². The molecule has 0 bridgehead atoms. The third-order valence-electron chi connectivity index (χ3n) is 10.6. The zero-order valence-electron chi connectivity index (χ0n) is 36.2. The van der Waals surface area contributed by atoms with Gasteiger partial charge in [-0.25, -0.2) is 0 Å². The van der Waals surface area contributed by atoms with Crippen molar-refractivity contribution >= 4 is 50.8 Å². The number of pyridine rings is 2. The van der Waals surface area contributed by atoms with Crippen molar-refractivity contribution in [1.29, 1.82) is 0 Å². The van der Waals surface area contributed by atoms with Crippen LogP contribution in [0.2, 0.25) is 17.3 Å². The molecule has 1 radical (unpaired) electrons. The molecule has 0 spiro atoms. The summed E-state index contributed by atoms with van der Waals surface area (Å²) in [5.41, 5.74) is 13.8. The van der Waals surface area contributed by atoms with E-state index in [1.807, 2.05) is 81.7 Å². The van der Waals surface area contributed by atoms with Crippen molar-refractivity contribution in [3.05, 3.63) is 163 Å². The first kappa shape index (κ1) is 40.6. The normalized spacial score (nSPS) is 12.3. The van der Waals surface area contributed by atoms with Gasteiger partial charge in [0.2, 0.25) is 0 Å². The molecule has 299 valence electrons. The number of aromatic nitrogens is 4. The molecule has 0 N–H and O–H groups in total. The molecule has 0 amide bonds. The molecule has 4 aromatic heterocycles. The molecule has 0 atom stereocenters. The summed E-state index contributed by atoms with van der Waals surface area (Å²) in [6, 6.07) is 48.2. The number of hydrogen-bond donors (Lipinski definition) is 0. The van der Waals surface area contributed by atoms with E-state index in [4.69, 9.17) is 15.8 Å². The molecule has 5 nitrogen and oxygen atoms in total.